The Kier molecular flexibility index (Phi) is 5.67. The summed E-state index contributed by atoms with van der Waals surface area (Å²) in [6.45, 7) is 4.41. The number of benzene rings is 2. The molecule has 0 unspecified atom stereocenters. The van der Waals surface area contributed by atoms with Crippen LogP contribution in [0.1, 0.15) is 34.3 Å². The molecule has 0 spiro atoms. The molecule has 2 aromatic carbocycles. The van der Waals surface area contributed by atoms with Crippen LogP contribution in [-0.2, 0) is 10.0 Å². The van der Waals surface area contributed by atoms with Crippen molar-refractivity contribution in [3.8, 4) is 5.75 Å². The van der Waals surface area contributed by atoms with E-state index in [1.165, 1.54) is 4.31 Å². The summed E-state index contributed by atoms with van der Waals surface area (Å²) in [4.78, 5) is 13.3. The number of Topliss-reactive ketones (excluding diaryl/α,β-unsaturated/α-hetero) is 1. The Morgan fingerprint density at radius 3 is 2.59 bits per heavy atom. The van der Waals surface area contributed by atoms with Crippen LogP contribution in [0.15, 0.2) is 47.4 Å². The van der Waals surface area contributed by atoms with Crippen LogP contribution in [0.25, 0.3) is 0 Å². The maximum atomic E-state index is 13.0. The van der Waals surface area contributed by atoms with E-state index in [9.17, 15) is 13.2 Å². The molecule has 1 saturated heterocycles. The van der Waals surface area contributed by atoms with E-state index in [1.807, 2.05) is 26.0 Å². The second kappa shape index (κ2) is 7.82. The number of sulfonamides is 1. The lowest BCUT2D eigenvalue weighted by molar-refractivity contribution is 0.0871. The predicted octanol–water partition coefficient (Wildman–Crippen LogP) is 3.60. The van der Waals surface area contributed by atoms with Gasteiger partial charge in [-0.3, -0.25) is 4.79 Å². The third kappa shape index (κ3) is 4.06. The summed E-state index contributed by atoms with van der Waals surface area (Å²) in [6, 6.07) is 12.3. The van der Waals surface area contributed by atoms with Gasteiger partial charge in [-0.2, -0.15) is 4.31 Å². The van der Waals surface area contributed by atoms with Crippen LogP contribution in [-0.4, -0.2) is 38.7 Å². The van der Waals surface area contributed by atoms with Crippen molar-refractivity contribution in [3.63, 3.8) is 0 Å². The number of methoxy groups -OCH3 is 1. The molecule has 0 bridgehead atoms. The van der Waals surface area contributed by atoms with E-state index in [0.717, 1.165) is 11.1 Å². The molecule has 1 heterocycles. The first-order valence-corrected chi connectivity index (χ1v) is 10.5. The zero-order valence-corrected chi connectivity index (χ0v) is 16.8. The van der Waals surface area contributed by atoms with Crippen LogP contribution >= 0.6 is 0 Å². The predicted molar refractivity (Wildman–Crippen MR) is 105 cm³/mol. The smallest absolute Gasteiger partial charge is 0.243 e. The van der Waals surface area contributed by atoms with E-state index in [2.05, 4.69) is 0 Å². The summed E-state index contributed by atoms with van der Waals surface area (Å²) in [7, 11) is -2.00. The fraction of sp³-hybridized carbons (Fsp3) is 0.381. The molecule has 6 heteroatoms. The number of hydrogen-bond acceptors (Lipinski definition) is 4. The van der Waals surface area contributed by atoms with Crippen LogP contribution in [0.2, 0.25) is 0 Å². The van der Waals surface area contributed by atoms with Gasteiger partial charge in [0.1, 0.15) is 5.75 Å². The highest BCUT2D eigenvalue weighted by Crippen LogP contribution is 2.28. The number of ketones is 1. The lowest BCUT2D eigenvalue weighted by Crippen LogP contribution is -2.42. The Bertz CT molecular complexity index is 952. The standard InChI is InChI=1S/C21H25NO4S/c1-15-6-4-8-19(12-15)27(24,25)22-11-5-7-17(14-22)21(23)20-10-9-18(26-3)13-16(20)2/h4,6,8-10,12-13,17H,5,7,11,14H2,1-3H3/t17-/m1/s1. The molecule has 27 heavy (non-hydrogen) atoms. The average Bonchev–Trinajstić information content (AvgIpc) is 2.67. The van der Waals surface area contributed by atoms with E-state index in [-0.39, 0.29) is 23.1 Å². The molecule has 1 aliphatic rings. The summed E-state index contributed by atoms with van der Waals surface area (Å²) < 4.78 is 32.6. The average molecular weight is 388 g/mol. The largest absolute Gasteiger partial charge is 0.497 e. The molecule has 0 saturated carbocycles. The fourth-order valence-corrected chi connectivity index (χ4v) is 5.19. The molecular formula is C21H25NO4S. The first-order chi connectivity index (χ1) is 12.8. The van der Waals surface area contributed by atoms with Crippen LogP contribution in [0, 0.1) is 19.8 Å². The highest BCUT2D eigenvalue weighted by Gasteiger charge is 2.34. The van der Waals surface area contributed by atoms with Gasteiger partial charge in [-0.15, -0.1) is 0 Å². The Labute approximate surface area is 161 Å². The third-order valence-electron chi connectivity index (χ3n) is 5.08. The minimum atomic E-state index is -3.59. The van der Waals surface area contributed by atoms with E-state index in [0.29, 0.717) is 30.7 Å². The Balaban J connectivity index is 1.82. The molecular weight excluding hydrogens is 362 g/mol. The van der Waals surface area contributed by atoms with Crippen molar-refractivity contribution in [2.24, 2.45) is 5.92 Å². The van der Waals surface area contributed by atoms with Crippen molar-refractivity contribution >= 4 is 15.8 Å². The lowest BCUT2D eigenvalue weighted by Gasteiger charge is -2.31. The molecule has 0 aliphatic carbocycles. The highest BCUT2D eigenvalue weighted by molar-refractivity contribution is 7.89. The maximum Gasteiger partial charge on any atom is 0.243 e. The molecule has 1 fully saturated rings. The summed E-state index contributed by atoms with van der Waals surface area (Å²) >= 11 is 0. The van der Waals surface area contributed by atoms with Gasteiger partial charge in [0, 0.05) is 24.6 Å². The van der Waals surface area contributed by atoms with Crippen molar-refractivity contribution in [3.05, 3.63) is 59.2 Å². The molecule has 5 nitrogen and oxygen atoms in total. The van der Waals surface area contributed by atoms with Gasteiger partial charge in [-0.1, -0.05) is 12.1 Å². The van der Waals surface area contributed by atoms with Crippen LogP contribution in [0.3, 0.4) is 0 Å². The number of aryl methyl sites for hydroxylation is 2. The highest BCUT2D eigenvalue weighted by atomic mass is 32.2. The van der Waals surface area contributed by atoms with Crippen molar-refractivity contribution < 1.29 is 17.9 Å². The van der Waals surface area contributed by atoms with Crippen molar-refractivity contribution in [1.29, 1.82) is 0 Å². The Morgan fingerprint density at radius 1 is 1.15 bits per heavy atom. The van der Waals surface area contributed by atoms with Gasteiger partial charge < -0.3 is 4.74 Å². The molecule has 3 rings (SSSR count). The van der Waals surface area contributed by atoms with Crippen LogP contribution < -0.4 is 4.74 Å². The number of carbonyl (C=O) groups excluding carboxylic acids is 1. The van der Waals surface area contributed by atoms with Crippen molar-refractivity contribution in [1.82, 2.24) is 4.31 Å². The van der Waals surface area contributed by atoms with Gasteiger partial charge >= 0.3 is 0 Å². The lowest BCUT2D eigenvalue weighted by atomic mass is 9.89. The molecule has 0 N–H and O–H groups in total. The van der Waals surface area contributed by atoms with E-state index in [4.69, 9.17) is 4.74 Å². The second-order valence-corrected chi connectivity index (χ2v) is 9.00. The van der Waals surface area contributed by atoms with Crippen LogP contribution in [0.5, 0.6) is 5.75 Å². The van der Waals surface area contributed by atoms with Crippen molar-refractivity contribution in [2.75, 3.05) is 20.2 Å². The quantitative estimate of drug-likeness (QED) is 0.736. The first kappa shape index (κ1) is 19.6. The van der Waals surface area contributed by atoms with Gasteiger partial charge in [0.15, 0.2) is 5.78 Å². The molecule has 1 aliphatic heterocycles. The summed E-state index contributed by atoms with van der Waals surface area (Å²) in [6.07, 6.45) is 1.38. The zero-order chi connectivity index (χ0) is 19.6. The molecule has 0 amide bonds. The second-order valence-electron chi connectivity index (χ2n) is 7.06. The number of carbonyl (C=O) groups is 1. The number of piperidine rings is 1. The summed E-state index contributed by atoms with van der Waals surface area (Å²) in [5, 5.41) is 0. The topological polar surface area (TPSA) is 63.7 Å². The van der Waals surface area contributed by atoms with Gasteiger partial charge in [-0.25, -0.2) is 8.42 Å². The molecule has 2 aromatic rings. The van der Waals surface area contributed by atoms with Gasteiger partial charge in [0.2, 0.25) is 10.0 Å². The van der Waals surface area contributed by atoms with Gasteiger partial charge in [0.05, 0.1) is 12.0 Å². The molecule has 144 valence electrons. The summed E-state index contributed by atoms with van der Waals surface area (Å²) in [5.41, 5.74) is 2.38. The monoisotopic (exact) mass is 387 g/mol. The number of nitrogens with zero attached hydrogens (tertiary/aromatic N) is 1. The zero-order valence-electron chi connectivity index (χ0n) is 15.9. The summed E-state index contributed by atoms with van der Waals surface area (Å²) in [5.74, 6) is 0.376. The molecule has 0 aromatic heterocycles. The van der Waals surface area contributed by atoms with E-state index >= 15 is 0 Å². The first-order valence-electron chi connectivity index (χ1n) is 9.08. The van der Waals surface area contributed by atoms with Crippen molar-refractivity contribution in [2.45, 2.75) is 31.6 Å². The fourth-order valence-electron chi connectivity index (χ4n) is 3.56. The molecule has 0 radical (unpaired) electrons. The number of hydrogen-bond donors (Lipinski definition) is 0. The Morgan fingerprint density at radius 2 is 1.93 bits per heavy atom. The Hall–Kier alpha value is -2.18. The SMILES string of the molecule is COc1ccc(C(=O)[C@@H]2CCCN(S(=O)(=O)c3cccc(C)c3)C2)c(C)c1. The third-order valence-corrected chi connectivity index (χ3v) is 6.94. The number of ether oxygens (including phenoxy) is 1. The minimum Gasteiger partial charge on any atom is -0.497 e. The van der Waals surface area contributed by atoms with E-state index < -0.39 is 10.0 Å². The van der Waals surface area contributed by atoms with Crippen LogP contribution in [0.4, 0.5) is 0 Å². The van der Waals surface area contributed by atoms with Gasteiger partial charge in [-0.05, 0) is 68.1 Å². The van der Waals surface area contributed by atoms with Gasteiger partial charge in [0.25, 0.3) is 0 Å². The number of rotatable bonds is 5. The molecule has 1 atom stereocenters. The minimum absolute atomic E-state index is 0.000653. The normalized spacial score (nSPS) is 18.3. The van der Waals surface area contributed by atoms with E-state index in [1.54, 1.807) is 37.4 Å². The maximum absolute atomic E-state index is 13.0.